The lowest BCUT2D eigenvalue weighted by atomic mass is 9.95. The summed E-state index contributed by atoms with van der Waals surface area (Å²) in [6.07, 6.45) is 0. The van der Waals surface area contributed by atoms with Crippen molar-refractivity contribution in [1.82, 2.24) is 9.80 Å². The number of hydrogen-bond donors (Lipinski definition) is 1. The zero-order valence-corrected chi connectivity index (χ0v) is 17.0. The first-order valence-corrected chi connectivity index (χ1v) is 9.50. The smallest absolute Gasteiger partial charge is 0.295 e. The Morgan fingerprint density at radius 1 is 1.11 bits per heavy atom. The molecule has 1 amide bonds. The van der Waals surface area contributed by atoms with Gasteiger partial charge in [0.25, 0.3) is 11.7 Å². The van der Waals surface area contributed by atoms with Gasteiger partial charge in [0.2, 0.25) is 0 Å². The Hall–Kier alpha value is -2.34. The van der Waals surface area contributed by atoms with Crippen LogP contribution in [0.15, 0.2) is 54.1 Å². The van der Waals surface area contributed by atoms with Gasteiger partial charge >= 0.3 is 0 Å². The summed E-state index contributed by atoms with van der Waals surface area (Å²) >= 11 is 12.4. The van der Waals surface area contributed by atoms with Crippen LogP contribution in [0.4, 0.5) is 0 Å². The van der Waals surface area contributed by atoms with Gasteiger partial charge in [-0.05, 0) is 31.8 Å². The van der Waals surface area contributed by atoms with Crippen LogP contribution in [0.5, 0.6) is 0 Å². The van der Waals surface area contributed by atoms with Gasteiger partial charge < -0.3 is 14.9 Å². The Labute approximate surface area is 173 Å². The molecule has 1 N–H and O–H groups in total. The van der Waals surface area contributed by atoms with Crippen LogP contribution in [0.2, 0.25) is 10.0 Å². The second-order valence-electron chi connectivity index (χ2n) is 6.83. The quantitative estimate of drug-likeness (QED) is 0.453. The number of halogens is 2. The normalized spacial score (nSPS) is 18.9. The number of amides is 1. The number of Topliss-reactive ketones (excluding diaryl/α,β-unsaturated/α-hetero) is 1. The van der Waals surface area contributed by atoms with Crippen molar-refractivity contribution < 1.29 is 14.7 Å². The van der Waals surface area contributed by atoms with Crippen molar-refractivity contribution in [3.05, 3.63) is 75.3 Å². The number of likely N-dealkylation sites (N-methyl/N-ethyl adjacent to an activating group) is 1. The Bertz CT molecular complexity index is 942. The van der Waals surface area contributed by atoms with Crippen molar-refractivity contribution >= 4 is 40.7 Å². The topological polar surface area (TPSA) is 60.9 Å². The van der Waals surface area contributed by atoms with Gasteiger partial charge in [0.15, 0.2) is 0 Å². The predicted molar refractivity (Wildman–Crippen MR) is 110 cm³/mol. The predicted octanol–water partition coefficient (Wildman–Crippen LogP) is 3.98. The number of carbonyl (C=O) groups is 2. The highest BCUT2D eigenvalue weighted by atomic mass is 35.5. The number of rotatable bonds is 5. The number of benzene rings is 2. The minimum absolute atomic E-state index is 0.0270. The molecule has 3 rings (SSSR count). The third-order valence-corrected chi connectivity index (χ3v) is 5.19. The Kier molecular flexibility index (Phi) is 6.08. The van der Waals surface area contributed by atoms with E-state index in [1.165, 1.54) is 4.90 Å². The molecule has 0 bridgehead atoms. The molecule has 5 nitrogen and oxygen atoms in total. The summed E-state index contributed by atoms with van der Waals surface area (Å²) in [5.74, 6) is -1.60. The molecule has 1 fully saturated rings. The molecule has 1 aliphatic heterocycles. The van der Waals surface area contributed by atoms with E-state index in [4.69, 9.17) is 23.2 Å². The van der Waals surface area contributed by atoms with Crippen LogP contribution in [0.3, 0.4) is 0 Å². The van der Waals surface area contributed by atoms with Gasteiger partial charge in [-0.25, -0.2) is 0 Å². The maximum atomic E-state index is 12.8. The molecule has 0 spiro atoms. The van der Waals surface area contributed by atoms with Gasteiger partial charge in [0.05, 0.1) is 11.6 Å². The van der Waals surface area contributed by atoms with E-state index in [0.29, 0.717) is 34.3 Å². The van der Waals surface area contributed by atoms with Gasteiger partial charge in [0, 0.05) is 28.7 Å². The van der Waals surface area contributed by atoms with E-state index in [2.05, 4.69) is 0 Å². The van der Waals surface area contributed by atoms with E-state index in [1.807, 2.05) is 19.0 Å². The van der Waals surface area contributed by atoms with Crippen molar-refractivity contribution in [2.24, 2.45) is 0 Å². The summed E-state index contributed by atoms with van der Waals surface area (Å²) in [7, 11) is 3.76. The number of nitrogens with zero attached hydrogens (tertiary/aromatic N) is 2. The molecule has 28 heavy (non-hydrogen) atoms. The van der Waals surface area contributed by atoms with E-state index in [-0.39, 0.29) is 11.3 Å². The number of aliphatic hydroxyl groups excluding tert-OH is 1. The molecule has 0 aliphatic carbocycles. The summed E-state index contributed by atoms with van der Waals surface area (Å²) in [6, 6.07) is 12.8. The minimum Gasteiger partial charge on any atom is -0.507 e. The highest BCUT2D eigenvalue weighted by Gasteiger charge is 2.46. The average Bonchev–Trinajstić information content (AvgIpc) is 2.91. The van der Waals surface area contributed by atoms with Crippen molar-refractivity contribution in [2.75, 3.05) is 27.2 Å². The maximum Gasteiger partial charge on any atom is 0.295 e. The first-order valence-electron chi connectivity index (χ1n) is 8.74. The second kappa shape index (κ2) is 8.35. The van der Waals surface area contributed by atoms with Crippen molar-refractivity contribution in [1.29, 1.82) is 0 Å². The average molecular weight is 419 g/mol. The number of ketones is 1. The molecule has 0 saturated carbocycles. The highest BCUT2D eigenvalue weighted by molar-refractivity contribution is 6.47. The number of carbonyl (C=O) groups excluding carboxylic acids is 2. The van der Waals surface area contributed by atoms with Crippen molar-refractivity contribution in [2.45, 2.75) is 6.04 Å². The van der Waals surface area contributed by atoms with E-state index in [1.54, 1.807) is 48.5 Å². The van der Waals surface area contributed by atoms with Crippen LogP contribution >= 0.6 is 23.2 Å². The largest absolute Gasteiger partial charge is 0.507 e. The van der Waals surface area contributed by atoms with Crippen molar-refractivity contribution in [3.8, 4) is 0 Å². The monoisotopic (exact) mass is 418 g/mol. The number of likely N-dealkylation sites (tertiary alicyclic amines) is 1. The standard InChI is InChI=1S/C21H20Cl2N2O3/c1-24(2)10-11-25-18(15-9-8-14(22)12-16(15)23)17(20(27)21(25)28)19(26)13-6-4-3-5-7-13/h3-9,12,18,26H,10-11H2,1-2H3/t18-/m0/s1. The molecule has 2 aromatic rings. The zero-order valence-electron chi connectivity index (χ0n) is 15.5. The zero-order chi connectivity index (χ0) is 20.4. The highest BCUT2D eigenvalue weighted by Crippen LogP contribution is 2.42. The van der Waals surface area contributed by atoms with E-state index >= 15 is 0 Å². The van der Waals surface area contributed by atoms with Crippen LogP contribution in [-0.4, -0.2) is 53.8 Å². The molecule has 146 valence electrons. The second-order valence-corrected chi connectivity index (χ2v) is 7.67. The molecule has 1 heterocycles. The molecule has 0 aromatic heterocycles. The van der Waals surface area contributed by atoms with Gasteiger partial charge in [0.1, 0.15) is 5.76 Å². The van der Waals surface area contributed by atoms with Gasteiger partial charge in [-0.15, -0.1) is 0 Å². The lowest BCUT2D eigenvalue weighted by molar-refractivity contribution is -0.140. The van der Waals surface area contributed by atoms with Gasteiger partial charge in [-0.2, -0.15) is 0 Å². The molecule has 0 radical (unpaired) electrons. The summed E-state index contributed by atoms with van der Waals surface area (Å²) in [4.78, 5) is 29.0. The third kappa shape index (κ3) is 3.92. The van der Waals surface area contributed by atoms with Crippen LogP contribution in [0, 0.1) is 0 Å². The molecule has 1 atom stereocenters. The maximum absolute atomic E-state index is 12.8. The number of hydrogen-bond acceptors (Lipinski definition) is 4. The Morgan fingerprint density at radius 2 is 1.79 bits per heavy atom. The Morgan fingerprint density at radius 3 is 2.39 bits per heavy atom. The summed E-state index contributed by atoms with van der Waals surface area (Å²) in [5, 5.41) is 11.7. The molecular formula is C21H20Cl2N2O3. The lowest BCUT2D eigenvalue weighted by Gasteiger charge is -2.27. The van der Waals surface area contributed by atoms with Crippen LogP contribution in [0.25, 0.3) is 5.76 Å². The molecule has 7 heteroatoms. The molecular weight excluding hydrogens is 399 g/mol. The summed E-state index contributed by atoms with van der Waals surface area (Å²) in [6.45, 7) is 0.868. The van der Waals surface area contributed by atoms with Crippen LogP contribution in [0.1, 0.15) is 17.2 Å². The summed E-state index contributed by atoms with van der Waals surface area (Å²) < 4.78 is 0. The molecule has 2 aromatic carbocycles. The van der Waals surface area contributed by atoms with Crippen LogP contribution in [-0.2, 0) is 9.59 Å². The fourth-order valence-corrected chi connectivity index (χ4v) is 3.73. The fraction of sp³-hybridized carbons (Fsp3) is 0.238. The SMILES string of the molecule is CN(C)CCN1C(=O)C(=O)C(=C(O)c2ccccc2)[C@@H]1c1ccc(Cl)cc1Cl. The third-order valence-electron chi connectivity index (χ3n) is 4.63. The van der Waals surface area contributed by atoms with Gasteiger partial charge in [-0.1, -0.05) is 59.6 Å². The first kappa shape index (κ1) is 20.4. The molecule has 1 saturated heterocycles. The van der Waals surface area contributed by atoms with Crippen LogP contribution < -0.4 is 0 Å². The van der Waals surface area contributed by atoms with Gasteiger partial charge in [-0.3, -0.25) is 9.59 Å². The van der Waals surface area contributed by atoms with E-state index in [0.717, 1.165) is 0 Å². The molecule has 0 unspecified atom stereocenters. The van der Waals surface area contributed by atoms with E-state index < -0.39 is 17.7 Å². The fourth-order valence-electron chi connectivity index (χ4n) is 3.22. The summed E-state index contributed by atoms with van der Waals surface area (Å²) in [5.41, 5.74) is 1.03. The van der Waals surface area contributed by atoms with Crippen molar-refractivity contribution in [3.63, 3.8) is 0 Å². The van der Waals surface area contributed by atoms with E-state index in [9.17, 15) is 14.7 Å². The lowest BCUT2D eigenvalue weighted by Crippen LogP contribution is -2.35. The first-order chi connectivity index (χ1) is 13.3. The Balaban J connectivity index is 2.18. The molecule has 1 aliphatic rings. The minimum atomic E-state index is -0.787. The number of aliphatic hydroxyl groups is 1.